The summed E-state index contributed by atoms with van der Waals surface area (Å²) in [5, 5.41) is 6.42. The lowest BCUT2D eigenvalue weighted by Gasteiger charge is -2.39. The van der Waals surface area contributed by atoms with Gasteiger partial charge in [-0.2, -0.15) is 0 Å². The summed E-state index contributed by atoms with van der Waals surface area (Å²) in [7, 11) is 0. The lowest BCUT2D eigenvalue weighted by molar-refractivity contribution is -0.120. The fourth-order valence-corrected chi connectivity index (χ4v) is 3.73. The highest BCUT2D eigenvalue weighted by atomic mass is 19.1. The van der Waals surface area contributed by atoms with Crippen molar-refractivity contribution in [3.63, 3.8) is 0 Å². The molecule has 3 heterocycles. The first-order valence-corrected chi connectivity index (χ1v) is 9.76. The summed E-state index contributed by atoms with van der Waals surface area (Å²) in [5.41, 5.74) is 0.879. The number of nitrogens with zero attached hydrogens (tertiary/aromatic N) is 5. The van der Waals surface area contributed by atoms with E-state index in [-0.39, 0.29) is 31.4 Å². The second-order valence-electron chi connectivity index (χ2n) is 7.37. The lowest BCUT2D eigenvalue weighted by Crippen LogP contribution is -2.53. The summed E-state index contributed by atoms with van der Waals surface area (Å²) in [4.78, 5) is 41.5. The van der Waals surface area contributed by atoms with E-state index in [2.05, 4.69) is 10.3 Å². The summed E-state index contributed by atoms with van der Waals surface area (Å²) < 4.78 is 20.1. The number of hydrogen-bond acceptors (Lipinski definition) is 7. The minimum Gasteiger partial charge on any atom is -0.442 e. The number of anilines is 2. The van der Waals surface area contributed by atoms with Gasteiger partial charge in [0.1, 0.15) is 24.8 Å². The minimum absolute atomic E-state index is 0.168. The molecule has 1 N–H and O–H groups in total. The average Bonchev–Trinajstić information content (AvgIpc) is 3.32. The molecule has 0 spiro atoms. The molecule has 30 heavy (non-hydrogen) atoms. The Bertz CT molecular complexity index is 886. The van der Waals surface area contributed by atoms with Crippen molar-refractivity contribution >= 4 is 35.6 Å². The summed E-state index contributed by atoms with van der Waals surface area (Å²) in [5.74, 6) is -0.792. The van der Waals surface area contributed by atoms with Crippen molar-refractivity contribution in [3.05, 3.63) is 24.0 Å². The Balaban J connectivity index is 1.37. The zero-order valence-electron chi connectivity index (χ0n) is 16.6. The smallest absolute Gasteiger partial charge is 0.414 e. The van der Waals surface area contributed by atoms with Crippen molar-refractivity contribution in [1.82, 2.24) is 15.3 Å². The van der Waals surface area contributed by atoms with Crippen LogP contribution in [0.3, 0.4) is 0 Å². The Morgan fingerprint density at radius 1 is 1.27 bits per heavy atom. The summed E-state index contributed by atoms with van der Waals surface area (Å²) in [6.07, 6.45) is 0.494. The highest BCUT2D eigenvalue weighted by molar-refractivity contribution is 5.92. The Morgan fingerprint density at radius 2 is 2.03 bits per heavy atom. The predicted octanol–water partition coefficient (Wildman–Crippen LogP) is 0.195. The first-order valence-electron chi connectivity index (χ1n) is 9.76. The van der Waals surface area contributed by atoms with Gasteiger partial charge in [-0.25, -0.2) is 19.2 Å². The van der Waals surface area contributed by atoms with Crippen molar-refractivity contribution in [2.45, 2.75) is 13.0 Å². The molecule has 3 aliphatic rings. The van der Waals surface area contributed by atoms with E-state index in [4.69, 9.17) is 4.74 Å². The Morgan fingerprint density at radius 3 is 2.67 bits per heavy atom. The third-order valence-corrected chi connectivity index (χ3v) is 5.29. The number of amides is 3. The third-order valence-electron chi connectivity index (χ3n) is 5.29. The number of nitrogens with one attached hydrogen (secondary N) is 1. The molecule has 10 nitrogen and oxygen atoms in total. The standard InChI is InChI=1S/C19H23FN6O4/c1-13(27)21-9-15-10-26(19(29)30-15)14-2-3-17(16(20)8-14)23-4-6-24(7-5-23)25-11-18(28)22-12-25/h2-3,8,12,15H,4-7,9-11H2,1H3,(H,21,27)/t15-/m0/s1. The number of carbonyl (C=O) groups excluding carboxylic acids is 3. The third kappa shape index (κ3) is 4.20. The van der Waals surface area contributed by atoms with Gasteiger partial charge >= 0.3 is 6.09 Å². The molecule has 3 amide bonds. The number of benzene rings is 1. The maximum absolute atomic E-state index is 14.8. The van der Waals surface area contributed by atoms with Gasteiger partial charge in [0.25, 0.3) is 5.91 Å². The molecule has 4 rings (SSSR count). The van der Waals surface area contributed by atoms with E-state index in [1.165, 1.54) is 24.2 Å². The molecule has 160 valence electrons. The van der Waals surface area contributed by atoms with Crippen LogP contribution in [0.2, 0.25) is 0 Å². The van der Waals surface area contributed by atoms with Gasteiger partial charge in [-0.1, -0.05) is 0 Å². The molecular formula is C19H23FN6O4. The zero-order valence-corrected chi connectivity index (χ0v) is 16.6. The van der Waals surface area contributed by atoms with Gasteiger partial charge in [-0.15, -0.1) is 0 Å². The van der Waals surface area contributed by atoms with Crippen LogP contribution in [-0.2, 0) is 14.3 Å². The summed E-state index contributed by atoms with van der Waals surface area (Å²) in [6, 6.07) is 4.68. The van der Waals surface area contributed by atoms with E-state index in [0.717, 1.165) is 0 Å². The number of rotatable bonds is 5. The molecule has 0 aliphatic carbocycles. The van der Waals surface area contributed by atoms with E-state index in [9.17, 15) is 18.8 Å². The van der Waals surface area contributed by atoms with E-state index >= 15 is 0 Å². The van der Waals surface area contributed by atoms with E-state index in [0.29, 0.717) is 37.6 Å². The zero-order chi connectivity index (χ0) is 21.3. The molecular weight excluding hydrogens is 395 g/mol. The lowest BCUT2D eigenvalue weighted by atomic mass is 10.2. The van der Waals surface area contributed by atoms with E-state index < -0.39 is 18.0 Å². The molecule has 2 saturated heterocycles. The topological polar surface area (TPSA) is 97.8 Å². The first-order chi connectivity index (χ1) is 14.4. The van der Waals surface area contributed by atoms with Crippen LogP contribution < -0.4 is 15.1 Å². The normalized spacial score (nSPS) is 22.1. The number of hydrogen-bond donors (Lipinski definition) is 1. The second kappa shape index (κ2) is 8.27. The van der Waals surface area contributed by atoms with Crippen LogP contribution in [0.4, 0.5) is 20.6 Å². The maximum Gasteiger partial charge on any atom is 0.414 e. The van der Waals surface area contributed by atoms with Gasteiger partial charge in [-0.3, -0.25) is 19.5 Å². The Hall–Kier alpha value is -3.21. The maximum atomic E-state index is 14.8. The molecule has 0 unspecified atom stereocenters. The van der Waals surface area contributed by atoms with Crippen LogP contribution in [0, 0.1) is 5.82 Å². The summed E-state index contributed by atoms with van der Waals surface area (Å²) in [6.45, 7) is 4.58. The SMILES string of the molecule is CC(=O)NC[C@H]1CN(c2ccc(N3CCN(N4C=NC(=O)C4)CC3)c(F)c2)C(=O)O1. The number of piperazine rings is 1. The molecule has 3 aliphatic heterocycles. The molecule has 0 aromatic heterocycles. The quantitative estimate of drug-likeness (QED) is 0.729. The molecule has 0 radical (unpaired) electrons. The molecule has 0 saturated carbocycles. The second-order valence-corrected chi connectivity index (χ2v) is 7.37. The molecule has 1 aromatic rings. The molecule has 1 aromatic carbocycles. The first kappa shape index (κ1) is 20.1. The van der Waals surface area contributed by atoms with Crippen molar-refractivity contribution in [1.29, 1.82) is 0 Å². The number of carbonyl (C=O) groups is 3. The largest absolute Gasteiger partial charge is 0.442 e. The molecule has 1 atom stereocenters. The number of hydrazine groups is 1. The van der Waals surface area contributed by atoms with Gasteiger partial charge in [0.2, 0.25) is 5.91 Å². The Kier molecular flexibility index (Phi) is 5.53. The van der Waals surface area contributed by atoms with Crippen molar-refractivity contribution in [3.8, 4) is 0 Å². The van der Waals surface area contributed by atoms with Crippen molar-refractivity contribution in [2.75, 3.05) is 55.6 Å². The molecule has 11 heteroatoms. The van der Waals surface area contributed by atoms with E-state index in [1.807, 2.05) is 9.91 Å². The Labute approximate surface area is 172 Å². The average molecular weight is 418 g/mol. The highest BCUT2D eigenvalue weighted by Crippen LogP contribution is 2.28. The van der Waals surface area contributed by atoms with Gasteiger partial charge in [0.05, 0.1) is 24.5 Å². The molecule has 0 bridgehead atoms. The number of halogens is 1. The fourth-order valence-electron chi connectivity index (χ4n) is 3.73. The van der Waals surface area contributed by atoms with E-state index in [1.54, 1.807) is 17.1 Å². The van der Waals surface area contributed by atoms with Crippen LogP contribution in [0.25, 0.3) is 0 Å². The van der Waals surface area contributed by atoms with Crippen LogP contribution in [0.15, 0.2) is 23.2 Å². The van der Waals surface area contributed by atoms with Gasteiger partial charge in [0, 0.05) is 33.1 Å². The van der Waals surface area contributed by atoms with Gasteiger partial charge in [0.15, 0.2) is 0 Å². The highest BCUT2D eigenvalue weighted by Gasteiger charge is 2.33. The molecule has 2 fully saturated rings. The van der Waals surface area contributed by atoms with Crippen LogP contribution in [0.5, 0.6) is 0 Å². The van der Waals surface area contributed by atoms with Crippen LogP contribution >= 0.6 is 0 Å². The van der Waals surface area contributed by atoms with Gasteiger partial charge in [-0.05, 0) is 18.2 Å². The summed E-state index contributed by atoms with van der Waals surface area (Å²) >= 11 is 0. The van der Waals surface area contributed by atoms with Gasteiger partial charge < -0.3 is 15.0 Å². The number of aliphatic imine (C=N–C) groups is 1. The fraction of sp³-hybridized carbons (Fsp3) is 0.474. The van der Waals surface area contributed by atoms with Crippen molar-refractivity contribution < 1.29 is 23.5 Å². The monoisotopic (exact) mass is 418 g/mol. The predicted molar refractivity (Wildman–Crippen MR) is 107 cm³/mol. The minimum atomic E-state index is -0.562. The van der Waals surface area contributed by atoms with Crippen molar-refractivity contribution in [2.24, 2.45) is 4.99 Å². The van der Waals surface area contributed by atoms with Crippen LogP contribution in [-0.4, -0.2) is 86.2 Å². The van der Waals surface area contributed by atoms with Crippen LogP contribution in [0.1, 0.15) is 6.92 Å². The number of ether oxygens (including phenoxy) is 1. The number of cyclic esters (lactones) is 1.